The number of para-hydroxylation sites is 1. The molecule has 2 N–H and O–H groups in total. The van der Waals surface area contributed by atoms with E-state index in [9.17, 15) is 4.79 Å². The number of nitrogens with one attached hydrogen (secondary N) is 2. The first-order valence-electron chi connectivity index (χ1n) is 7.70. The Morgan fingerprint density at radius 2 is 2.04 bits per heavy atom. The fraction of sp³-hybridized carbons (Fsp3) is 0.353. The van der Waals surface area contributed by atoms with E-state index in [1.165, 1.54) is 6.20 Å². The number of nitrogens with zero attached hydrogens (tertiary/aromatic N) is 2. The molecule has 0 bridgehead atoms. The van der Waals surface area contributed by atoms with Crippen molar-refractivity contribution in [3.63, 3.8) is 0 Å². The topological polar surface area (TPSA) is 76.1 Å². The summed E-state index contributed by atoms with van der Waals surface area (Å²) in [6, 6.07) is 7.77. The lowest BCUT2D eigenvalue weighted by atomic mass is 10.2. The van der Waals surface area contributed by atoms with E-state index in [1.807, 2.05) is 24.3 Å². The molecule has 2 rings (SSSR count). The van der Waals surface area contributed by atoms with Gasteiger partial charge in [-0.05, 0) is 12.5 Å². The van der Waals surface area contributed by atoms with Crippen LogP contribution in [0.4, 0.5) is 5.82 Å². The quantitative estimate of drug-likeness (QED) is 0.733. The van der Waals surface area contributed by atoms with Gasteiger partial charge in [0.05, 0.1) is 19.5 Å². The zero-order chi connectivity index (χ0) is 16.5. The number of carbonyl (C=O) groups excluding carboxylic acids is 1. The van der Waals surface area contributed by atoms with Gasteiger partial charge in [0, 0.05) is 18.7 Å². The van der Waals surface area contributed by atoms with E-state index in [0.29, 0.717) is 24.6 Å². The molecular formula is C17H22N4O2. The summed E-state index contributed by atoms with van der Waals surface area (Å²) in [7, 11) is 1.64. The largest absolute Gasteiger partial charge is 0.496 e. The lowest BCUT2D eigenvalue weighted by Crippen LogP contribution is -2.25. The minimum atomic E-state index is -0.192. The van der Waals surface area contributed by atoms with Crippen molar-refractivity contribution < 1.29 is 9.53 Å². The van der Waals surface area contributed by atoms with Crippen molar-refractivity contribution in [2.24, 2.45) is 0 Å². The highest BCUT2D eigenvalue weighted by Crippen LogP contribution is 2.18. The van der Waals surface area contributed by atoms with E-state index in [2.05, 4.69) is 27.5 Å². The molecule has 0 aliphatic heterocycles. The smallest absolute Gasteiger partial charge is 0.271 e. The van der Waals surface area contributed by atoms with Crippen LogP contribution in [0.3, 0.4) is 0 Å². The Morgan fingerprint density at radius 1 is 1.22 bits per heavy atom. The van der Waals surface area contributed by atoms with Gasteiger partial charge in [0.25, 0.3) is 5.91 Å². The Kier molecular flexibility index (Phi) is 6.35. The summed E-state index contributed by atoms with van der Waals surface area (Å²) in [4.78, 5) is 20.2. The molecule has 0 spiro atoms. The zero-order valence-corrected chi connectivity index (χ0v) is 13.5. The van der Waals surface area contributed by atoms with Crippen LogP contribution in [0.25, 0.3) is 0 Å². The standard InChI is InChI=1S/C17H22N4O2/c1-3-4-9-18-17(22)14-11-21-16(12-19-14)20-10-13-7-5-6-8-15(13)23-2/h5-8,11-12H,3-4,9-10H2,1-2H3,(H,18,22)(H,20,21). The Hall–Kier alpha value is -2.63. The third-order valence-electron chi connectivity index (χ3n) is 3.35. The number of unbranched alkanes of at least 4 members (excludes halogenated alkanes) is 1. The van der Waals surface area contributed by atoms with Crippen LogP contribution >= 0.6 is 0 Å². The Bertz CT molecular complexity index is 629. The van der Waals surface area contributed by atoms with Crippen LogP contribution in [-0.2, 0) is 6.54 Å². The molecule has 6 heteroatoms. The van der Waals surface area contributed by atoms with Gasteiger partial charge in [-0.3, -0.25) is 4.79 Å². The molecule has 6 nitrogen and oxygen atoms in total. The second-order valence-electron chi connectivity index (χ2n) is 5.06. The van der Waals surface area contributed by atoms with E-state index in [1.54, 1.807) is 13.3 Å². The molecule has 1 aromatic carbocycles. The van der Waals surface area contributed by atoms with E-state index in [-0.39, 0.29) is 5.91 Å². The molecule has 23 heavy (non-hydrogen) atoms. The second-order valence-corrected chi connectivity index (χ2v) is 5.06. The fourth-order valence-corrected chi connectivity index (χ4v) is 2.04. The van der Waals surface area contributed by atoms with Gasteiger partial charge in [-0.1, -0.05) is 31.5 Å². The number of amides is 1. The molecule has 0 atom stereocenters. The highest BCUT2D eigenvalue weighted by atomic mass is 16.5. The zero-order valence-electron chi connectivity index (χ0n) is 13.5. The summed E-state index contributed by atoms with van der Waals surface area (Å²) < 4.78 is 5.30. The molecule has 1 heterocycles. The van der Waals surface area contributed by atoms with Crippen LogP contribution in [0, 0.1) is 0 Å². The van der Waals surface area contributed by atoms with Gasteiger partial charge in [0.1, 0.15) is 17.3 Å². The lowest BCUT2D eigenvalue weighted by Gasteiger charge is -2.10. The summed E-state index contributed by atoms with van der Waals surface area (Å²) in [6.07, 6.45) is 5.03. The van der Waals surface area contributed by atoms with Crippen LogP contribution < -0.4 is 15.4 Å². The van der Waals surface area contributed by atoms with Crippen molar-refractivity contribution >= 4 is 11.7 Å². The number of hydrogen-bond donors (Lipinski definition) is 2. The van der Waals surface area contributed by atoms with Crippen LogP contribution in [0.15, 0.2) is 36.7 Å². The molecule has 1 aromatic heterocycles. The van der Waals surface area contributed by atoms with Crippen molar-refractivity contribution in [3.05, 3.63) is 47.9 Å². The van der Waals surface area contributed by atoms with Gasteiger partial charge in [0.2, 0.25) is 0 Å². The molecule has 0 fully saturated rings. The molecule has 0 unspecified atom stereocenters. The maximum atomic E-state index is 11.8. The molecule has 0 aliphatic rings. The molecule has 0 saturated carbocycles. The summed E-state index contributed by atoms with van der Waals surface area (Å²) in [5, 5.41) is 5.98. The highest BCUT2D eigenvalue weighted by Gasteiger charge is 2.07. The van der Waals surface area contributed by atoms with Crippen LogP contribution in [0.5, 0.6) is 5.75 Å². The van der Waals surface area contributed by atoms with Gasteiger partial charge < -0.3 is 15.4 Å². The first-order chi connectivity index (χ1) is 11.2. The Balaban J connectivity index is 1.91. The minimum Gasteiger partial charge on any atom is -0.496 e. The maximum absolute atomic E-state index is 11.8. The Labute approximate surface area is 136 Å². The predicted molar refractivity (Wildman–Crippen MR) is 89.6 cm³/mol. The highest BCUT2D eigenvalue weighted by molar-refractivity contribution is 5.91. The van der Waals surface area contributed by atoms with Gasteiger partial charge in [-0.15, -0.1) is 0 Å². The number of carbonyl (C=O) groups is 1. The van der Waals surface area contributed by atoms with Crippen LogP contribution in [0.1, 0.15) is 35.8 Å². The molecule has 0 radical (unpaired) electrons. The van der Waals surface area contributed by atoms with E-state index >= 15 is 0 Å². The Morgan fingerprint density at radius 3 is 2.74 bits per heavy atom. The molecule has 122 valence electrons. The summed E-state index contributed by atoms with van der Waals surface area (Å²) in [5.74, 6) is 1.24. The van der Waals surface area contributed by atoms with Gasteiger partial charge in [-0.25, -0.2) is 9.97 Å². The number of aromatic nitrogens is 2. The second kappa shape index (κ2) is 8.73. The maximum Gasteiger partial charge on any atom is 0.271 e. The fourth-order valence-electron chi connectivity index (χ4n) is 2.04. The monoisotopic (exact) mass is 314 g/mol. The van der Waals surface area contributed by atoms with Gasteiger partial charge in [0.15, 0.2) is 0 Å². The summed E-state index contributed by atoms with van der Waals surface area (Å²) in [6.45, 7) is 3.31. The number of methoxy groups -OCH3 is 1. The molecular weight excluding hydrogens is 292 g/mol. The van der Waals surface area contributed by atoms with Gasteiger partial charge >= 0.3 is 0 Å². The molecule has 0 aliphatic carbocycles. The molecule has 2 aromatic rings. The number of benzene rings is 1. The lowest BCUT2D eigenvalue weighted by molar-refractivity contribution is 0.0948. The number of ether oxygens (including phenoxy) is 1. The third-order valence-corrected chi connectivity index (χ3v) is 3.35. The van der Waals surface area contributed by atoms with E-state index in [0.717, 1.165) is 24.2 Å². The predicted octanol–water partition coefficient (Wildman–Crippen LogP) is 2.63. The minimum absolute atomic E-state index is 0.192. The molecule has 1 amide bonds. The van der Waals surface area contributed by atoms with Gasteiger partial charge in [-0.2, -0.15) is 0 Å². The molecule has 0 saturated heterocycles. The van der Waals surface area contributed by atoms with E-state index in [4.69, 9.17) is 4.74 Å². The first-order valence-corrected chi connectivity index (χ1v) is 7.70. The van der Waals surface area contributed by atoms with Crippen molar-refractivity contribution in [2.75, 3.05) is 19.0 Å². The van der Waals surface area contributed by atoms with Crippen molar-refractivity contribution in [2.45, 2.75) is 26.3 Å². The van der Waals surface area contributed by atoms with Crippen molar-refractivity contribution in [1.29, 1.82) is 0 Å². The number of anilines is 1. The average Bonchev–Trinajstić information content (AvgIpc) is 2.60. The summed E-state index contributed by atoms with van der Waals surface area (Å²) >= 11 is 0. The first kappa shape index (κ1) is 16.7. The third kappa shape index (κ3) is 4.95. The van der Waals surface area contributed by atoms with Crippen LogP contribution in [0.2, 0.25) is 0 Å². The number of rotatable bonds is 8. The van der Waals surface area contributed by atoms with E-state index < -0.39 is 0 Å². The summed E-state index contributed by atoms with van der Waals surface area (Å²) in [5.41, 5.74) is 1.35. The average molecular weight is 314 g/mol. The normalized spacial score (nSPS) is 10.2. The van der Waals surface area contributed by atoms with Crippen LogP contribution in [-0.4, -0.2) is 29.5 Å². The van der Waals surface area contributed by atoms with Crippen molar-refractivity contribution in [3.8, 4) is 5.75 Å². The number of hydrogen-bond acceptors (Lipinski definition) is 5. The van der Waals surface area contributed by atoms with Crippen molar-refractivity contribution in [1.82, 2.24) is 15.3 Å². The SMILES string of the molecule is CCCCNC(=O)c1cnc(NCc2ccccc2OC)cn1.